The molecule has 0 aliphatic carbocycles. The SMILES string of the molecule is O=C(/C=C/c1ccc2c(/C=C/C(=O)N3CCCC3)c[nH]c2c1)N1CCCC1. The van der Waals surface area contributed by atoms with Gasteiger partial charge in [0.2, 0.25) is 11.8 Å². The second-order valence-electron chi connectivity index (χ2n) is 7.28. The lowest BCUT2D eigenvalue weighted by Gasteiger charge is -2.11. The van der Waals surface area contributed by atoms with Gasteiger partial charge in [0.15, 0.2) is 0 Å². The van der Waals surface area contributed by atoms with Crippen LogP contribution in [0, 0.1) is 0 Å². The first-order valence-electron chi connectivity index (χ1n) is 9.76. The number of nitrogens with zero attached hydrogens (tertiary/aromatic N) is 2. The van der Waals surface area contributed by atoms with E-state index < -0.39 is 0 Å². The third kappa shape index (κ3) is 3.97. The Balaban J connectivity index is 1.46. The van der Waals surface area contributed by atoms with Crippen molar-refractivity contribution in [3.63, 3.8) is 0 Å². The average Bonchev–Trinajstić information content (AvgIpc) is 3.45. The van der Waals surface area contributed by atoms with Gasteiger partial charge in [-0.1, -0.05) is 12.1 Å². The molecule has 0 unspecified atom stereocenters. The van der Waals surface area contributed by atoms with Crippen molar-refractivity contribution in [3.8, 4) is 0 Å². The molecule has 0 radical (unpaired) electrons. The van der Waals surface area contributed by atoms with E-state index in [1.165, 1.54) is 0 Å². The second kappa shape index (κ2) is 7.82. The lowest BCUT2D eigenvalue weighted by Crippen LogP contribution is -2.25. The van der Waals surface area contributed by atoms with E-state index in [0.29, 0.717) is 0 Å². The minimum absolute atomic E-state index is 0.0850. The minimum atomic E-state index is 0.0850. The van der Waals surface area contributed by atoms with Crippen molar-refractivity contribution in [3.05, 3.63) is 47.7 Å². The Bertz CT molecular complexity index is 897. The van der Waals surface area contributed by atoms with Gasteiger partial charge >= 0.3 is 0 Å². The van der Waals surface area contributed by atoms with E-state index >= 15 is 0 Å². The van der Waals surface area contributed by atoms with Crippen LogP contribution in [0.5, 0.6) is 0 Å². The maximum atomic E-state index is 12.2. The van der Waals surface area contributed by atoms with Crippen LogP contribution >= 0.6 is 0 Å². The molecule has 0 bridgehead atoms. The number of aromatic nitrogens is 1. The van der Waals surface area contributed by atoms with Gasteiger partial charge in [-0.15, -0.1) is 0 Å². The van der Waals surface area contributed by atoms with Crippen LogP contribution < -0.4 is 0 Å². The summed E-state index contributed by atoms with van der Waals surface area (Å²) in [5, 5.41) is 1.07. The summed E-state index contributed by atoms with van der Waals surface area (Å²) in [4.78, 5) is 31.3. The fourth-order valence-corrected chi connectivity index (χ4v) is 3.82. The monoisotopic (exact) mass is 363 g/mol. The summed E-state index contributed by atoms with van der Waals surface area (Å²) in [5.74, 6) is 0.171. The molecule has 2 aliphatic rings. The smallest absolute Gasteiger partial charge is 0.246 e. The summed E-state index contributed by atoms with van der Waals surface area (Å²) in [6.45, 7) is 3.46. The Morgan fingerprint density at radius 1 is 0.852 bits per heavy atom. The van der Waals surface area contributed by atoms with Crippen molar-refractivity contribution in [1.29, 1.82) is 0 Å². The first-order chi connectivity index (χ1) is 13.2. The maximum Gasteiger partial charge on any atom is 0.246 e. The zero-order chi connectivity index (χ0) is 18.6. The number of hydrogen-bond acceptors (Lipinski definition) is 2. The van der Waals surface area contributed by atoms with Gasteiger partial charge in [-0.25, -0.2) is 0 Å². The standard InChI is InChI=1S/C22H25N3O2/c26-21(24-11-1-2-12-24)9-6-17-5-8-19-18(16-23-20(19)15-17)7-10-22(27)25-13-3-4-14-25/h5-10,15-16,23H,1-4,11-14H2/b9-6+,10-7+. The van der Waals surface area contributed by atoms with Crippen LogP contribution in [-0.2, 0) is 9.59 Å². The van der Waals surface area contributed by atoms with Crippen molar-refractivity contribution < 1.29 is 9.59 Å². The Morgan fingerprint density at radius 2 is 1.44 bits per heavy atom. The molecular weight excluding hydrogens is 338 g/mol. The number of rotatable bonds is 4. The number of hydrogen-bond donors (Lipinski definition) is 1. The van der Waals surface area contributed by atoms with E-state index in [1.54, 1.807) is 12.2 Å². The fraction of sp³-hybridized carbons (Fsp3) is 0.364. The molecule has 1 aromatic heterocycles. The summed E-state index contributed by atoms with van der Waals surface area (Å²) < 4.78 is 0. The number of aromatic amines is 1. The normalized spacial score (nSPS) is 17.8. The highest BCUT2D eigenvalue weighted by Gasteiger charge is 2.16. The number of likely N-dealkylation sites (tertiary alicyclic amines) is 2. The second-order valence-corrected chi connectivity index (χ2v) is 7.28. The lowest BCUT2D eigenvalue weighted by atomic mass is 10.1. The summed E-state index contributed by atoms with van der Waals surface area (Å²) in [5.41, 5.74) is 2.99. The van der Waals surface area contributed by atoms with Crippen LogP contribution in [0.15, 0.2) is 36.5 Å². The first-order valence-corrected chi connectivity index (χ1v) is 9.76. The Kier molecular flexibility index (Phi) is 5.10. The van der Waals surface area contributed by atoms with E-state index in [4.69, 9.17) is 0 Å². The van der Waals surface area contributed by atoms with Crippen molar-refractivity contribution in [2.45, 2.75) is 25.7 Å². The fourth-order valence-electron chi connectivity index (χ4n) is 3.82. The molecule has 2 amide bonds. The molecular formula is C22H25N3O2. The molecule has 2 aromatic rings. The quantitative estimate of drug-likeness (QED) is 0.846. The van der Waals surface area contributed by atoms with Crippen LogP contribution in [-0.4, -0.2) is 52.8 Å². The van der Waals surface area contributed by atoms with Crippen LogP contribution in [0.1, 0.15) is 36.8 Å². The predicted octanol–water partition coefficient (Wildman–Crippen LogP) is 3.44. The van der Waals surface area contributed by atoms with Gasteiger partial charge in [-0.05, 0) is 55.0 Å². The Morgan fingerprint density at radius 3 is 2.07 bits per heavy atom. The van der Waals surface area contributed by atoms with Gasteiger partial charge in [-0.2, -0.15) is 0 Å². The van der Waals surface area contributed by atoms with Crippen molar-refractivity contribution in [2.75, 3.05) is 26.2 Å². The van der Waals surface area contributed by atoms with E-state index in [0.717, 1.165) is 73.9 Å². The zero-order valence-corrected chi connectivity index (χ0v) is 15.5. The first kappa shape index (κ1) is 17.6. The highest BCUT2D eigenvalue weighted by Crippen LogP contribution is 2.22. The average molecular weight is 363 g/mol. The third-order valence-electron chi connectivity index (χ3n) is 5.40. The van der Waals surface area contributed by atoms with Gasteiger partial charge in [0.25, 0.3) is 0 Å². The molecule has 3 heterocycles. The minimum Gasteiger partial charge on any atom is -0.361 e. The highest BCUT2D eigenvalue weighted by molar-refractivity contribution is 5.97. The van der Waals surface area contributed by atoms with Crippen LogP contribution in [0.25, 0.3) is 23.1 Å². The van der Waals surface area contributed by atoms with Gasteiger partial charge in [0, 0.05) is 55.4 Å². The molecule has 2 aliphatic heterocycles. The van der Waals surface area contributed by atoms with Crippen LogP contribution in [0.3, 0.4) is 0 Å². The maximum absolute atomic E-state index is 12.2. The van der Waals surface area contributed by atoms with E-state index in [1.807, 2.05) is 46.3 Å². The molecule has 27 heavy (non-hydrogen) atoms. The molecule has 5 heteroatoms. The molecule has 4 rings (SSSR count). The largest absolute Gasteiger partial charge is 0.361 e. The van der Waals surface area contributed by atoms with Crippen molar-refractivity contribution in [1.82, 2.24) is 14.8 Å². The number of H-pyrrole nitrogens is 1. The molecule has 5 nitrogen and oxygen atoms in total. The van der Waals surface area contributed by atoms with Crippen molar-refractivity contribution >= 4 is 34.9 Å². The number of fused-ring (bicyclic) bond motifs is 1. The zero-order valence-electron chi connectivity index (χ0n) is 15.5. The topological polar surface area (TPSA) is 56.4 Å². The van der Waals surface area contributed by atoms with Crippen LogP contribution in [0.2, 0.25) is 0 Å². The van der Waals surface area contributed by atoms with E-state index in [2.05, 4.69) is 4.98 Å². The summed E-state index contributed by atoms with van der Waals surface area (Å²) in [6.07, 6.45) is 13.4. The highest BCUT2D eigenvalue weighted by atomic mass is 16.2. The van der Waals surface area contributed by atoms with E-state index in [9.17, 15) is 9.59 Å². The number of amides is 2. The van der Waals surface area contributed by atoms with Crippen LogP contribution in [0.4, 0.5) is 0 Å². The third-order valence-corrected chi connectivity index (χ3v) is 5.40. The summed E-state index contributed by atoms with van der Waals surface area (Å²) in [7, 11) is 0. The van der Waals surface area contributed by atoms with E-state index in [-0.39, 0.29) is 11.8 Å². The molecule has 140 valence electrons. The number of nitrogens with one attached hydrogen (secondary N) is 1. The van der Waals surface area contributed by atoms with Crippen molar-refractivity contribution in [2.24, 2.45) is 0 Å². The summed E-state index contributed by atoms with van der Waals surface area (Å²) in [6, 6.07) is 6.07. The molecule has 1 aromatic carbocycles. The lowest BCUT2D eigenvalue weighted by molar-refractivity contribution is -0.125. The Labute approximate surface area is 159 Å². The molecule has 0 spiro atoms. The van der Waals surface area contributed by atoms with Gasteiger partial charge in [0.1, 0.15) is 0 Å². The number of benzene rings is 1. The molecule has 1 N–H and O–H groups in total. The van der Waals surface area contributed by atoms with Gasteiger partial charge in [0.05, 0.1) is 0 Å². The molecule has 0 atom stereocenters. The molecule has 0 saturated carbocycles. The molecule has 2 fully saturated rings. The number of carbonyl (C=O) groups excluding carboxylic acids is 2. The molecule has 2 saturated heterocycles. The predicted molar refractivity (Wildman–Crippen MR) is 108 cm³/mol. The summed E-state index contributed by atoms with van der Waals surface area (Å²) >= 11 is 0. The van der Waals surface area contributed by atoms with Gasteiger partial charge in [-0.3, -0.25) is 9.59 Å². The number of carbonyl (C=O) groups is 2. The van der Waals surface area contributed by atoms with Gasteiger partial charge < -0.3 is 14.8 Å². The Hall–Kier alpha value is -2.82.